The molecular formula is C23H31N2O2+. The number of para-hydroxylation sites is 1. The number of benzene rings is 1. The summed E-state index contributed by atoms with van der Waals surface area (Å²) in [4.78, 5) is 13.2. The van der Waals surface area contributed by atoms with E-state index < -0.39 is 0 Å². The number of hydrogen-bond acceptors (Lipinski definition) is 2. The van der Waals surface area contributed by atoms with Crippen molar-refractivity contribution in [2.75, 3.05) is 0 Å². The fourth-order valence-corrected chi connectivity index (χ4v) is 6.43. The van der Waals surface area contributed by atoms with Gasteiger partial charge in [0.1, 0.15) is 5.60 Å². The minimum Gasteiger partial charge on any atom is -0.454 e. The zero-order valence-electron chi connectivity index (χ0n) is 16.4. The highest BCUT2D eigenvalue weighted by atomic mass is 16.6. The first-order valence-electron chi connectivity index (χ1n) is 10.9. The van der Waals surface area contributed by atoms with Gasteiger partial charge in [0.05, 0.1) is 5.39 Å². The lowest BCUT2D eigenvalue weighted by Crippen LogP contribution is -2.52. The number of carbonyl (C=O) groups excluding carboxylic acids is 1. The number of unbranched alkanes of at least 4 members (excludes halogenated alkanes) is 2. The molecule has 4 heteroatoms. The van der Waals surface area contributed by atoms with Gasteiger partial charge >= 0.3 is 5.97 Å². The summed E-state index contributed by atoms with van der Waals surface area (Å²) < 4.78 is 8.43. The molecule has 27 heavy (non-hydrogen) atoms. The van der Waals surface area contributed by atoms with Crippen LogP contribution in [0.4, 0.5) is 0 Å². The summed E-state index contributed by atoms with van der Waals surface area (Å²) in [5.74, 6) is 2.19. The fraction of sp³-hybridized carbons (Fsp3) is 0.652. The average Bonchev–Trinajstić information content (AvgIpc) is 3.00. The molecule has 4 bridgehead atoms. The van der Waals surface area contributed by atoms with Crippen LogP contribution in [-0.4, -0.2) is 16.7 Å². The number of rotatable bonds is 6. The van der Waals surface area contributed by atoms with Crippen LogP contribution in [0.1, 0.15) is 75.2 Å². The number of aryl methyl sites for hydroxylation is 1. The van der Waals surface area contributed by atoms with Gasteiger partial charge in [-0.05, 0) is 68.8 Å². The third-order valence-corrected chi connectivity index (χ3v) is 7.19. The van der Waals surface area contributed by atoms with E-state index in [1.165, 1.54) is 32.1 Å². The number of esters is 1. The molecule has 0 unspecified atom stereocenters. The first-order valence-corrected chi connectivity index (χ1v) is 10.9. The van der Waals surface area contributed by atoms with E-state index in [0.717, 1.165) is 60.9 Å². The number of aromatic amines is 1. The third kappa shape index (κ3) is 3.07. The summed E-state index contributed by atoms with van der Waals surface area (Å²) in [6, 6.07) is 8.19. The van der Waals surface area contributed by atoms with E-state index in [0.29, 0.717) is 5.69 Å². The van der Waals surface area contributed by atoms with Crippen molar-refractivity contribution >= 4 is 16.9 Å². The Bertz CT molecular complexity index is 818. The van der Waals surface area contributed by atoms with Gasteiger partial charge in [0.25, 0.3) is 0 Å². The van der Waals surface area contributed by atoms with Crippen molar-refractivity contribution in [2.24, 2.45) is 17.8 Å². The van der Waals surface area contributed by atoms with Gasteiger partial charge < -0.3 is 4.74 Å². The quantitative estimate of drug-likeness (QED) is 0.454. The Morgan fingerprint density at radius 3 is 2.44 bits per heavy atom. The predicted octanol–water partition coefficient (Wildman–Crippen LogP) is 4.77. The van der Waals surface area contributed by atoms with Crippen LogP contribution in [0.5, 0.6) is 0 Å². The molecule has 1 N–H and O–H groups in total. The van der Waals surface area contributed by atoms with Gasteiger partial charge in [-0.1, -0.05) is 25.5 Å². The Balaban J connectivity index is 1.41. The van der Waals surface area contributed by atoms with Crippen molar-refractivity contribution in [1.82, 2.24) is 5.10 Å². The predicted molar refractivity (Wildman–Crippen MR) is 104 cm³/mol. The summed E-state index contributed by atoms with van der Waals surface area (Å²) in [5, 5.41) is 4.36. The normalized spacial score (nSPS) is 31.5. The lowest BCUT2D eigenvalue weighted by molar-refractivity contribution is -0.727. The molecule has 1 aromatic carbocycles. The van der Waals surface area contributed by atoms with Crippen molar-refractivity contribution in [2.45, 2.75) is 76.9 Å². The zero-order valence-corrected chi connectivity index (χ0v) is 16.4. The summed E-state index contributed by atoms with van der Waals surface area (Å²) in [5.41, 5.74) is 1.55. The molecule has 0 radical (unpaired) electrons. The monoisotopic (exact) mass is 367 g/mol. The van der Waals surface area contributed by atoms with Crippen LogP contribution >= 0.6 is 0 Å². The summed E-state index contributed by atoms with van der Waals surface area (Å²) in [6.07, 6.45) is 10.8. The molecule has 4 saturated carbocycles. The molecule has 0 saturated heterocycles. The summed E-state index contributed by atoms with van der Waals surface area (Å²) in [6.45, 7) is 3.13. The van der Waals surface area contributed by atoms with E-state index in [-0.39, 0.29) is 11.6 Å². The molecule has 0 spiro atoms. The lowest BCUT2D eigenvalue weighted by Gasteiger charge is -2.55. The number of carbonyl (C=O) groups is 1. The van der Waals surface area contributed by atoms with E-state index in [1.807, 2.05) is 18.2 Å². The van der Waals surface area contributed by atoms with Crippen LogP contribution in [-0.2, 0) is 11.3 Å². The molecule has 6 rings (SSSR count). The van der Waals surface area contributed by atoms with E-state index in [9.17, 15) is 4.79 Å². The maximum Gasteiger partial charge on any atom is 0.361 e. The third-order valence-electron chi connectivity index (χ3n) is 7.19. The van der Waals surface area contributed by atoms with Crippen LogP contribution in [0.3, 0.4) is 0 Å². The van der Waals surface area contributed by atoms with E-state index in [4.69, 9.17) is 4.74 Å². The van der Waals surface area contributed by atoms with E-state index in [2.05, 4.69) is 22.8 Å². The van der Waals surface area contributed by atoms with Gasteiger partial charge in [-0.15, -0.1) is 4.68 Å². The number of hydrogen-bond donors (Lipinski definition) is 1. The topological polar surface area (TPSA) is 46.0 Å². The Morgan fingerprint density at radius 2 is 1.78 bits per heavy atom. The molecule has 4 fully saturated rings. The first kappa shape index (κ1) is 17.3. The minimum atomic E-state index is -0.189. The molecule has 4 aliphatic rings. The Morgan fingerprint density at radius 1 is 1.11 bits per heavy atom. The SMILES string of the molecule is CCCCC[n+]1[nH]c(C(=O)OC23CC4CC(CC(C4)C2)C3)c2ccccc21. The largest absolute Gasteiger partial charge is 0.454 e. The maximum absolute atomic E-state index is 13.2. The minimum absolute atomic E-state index is 0.151. The number of fused-ring (bicyclic) bond motifs is 1. The van der Waals surface area contributed by atoms with Gasteiger partial charge in [0, 0.05) is 12.5 Å². The van der Waals surface area contributed by atoms with Crippen molar-refractivity contribution < 1.29 is 14.2 Å². The summed E-state index contributed by atoms with van der Waals surface area (Å²) >= 11 is 0. The van der Waals surface area contributed by atoms with E-state index in [1.54, 1.807) is 0 Å². The van der Waals surface area contributed by atoms with E-state index >= 15 is 0 Å². The van der Waals surface area contributed by atoms with Crippen LogP contribution in [0.15, 0.2) is 24.3 Å². The number of H-pyrrole nitrogens is 1. The van der Waals surface area contributed by atoms with Gasteiger partial charge in [0.15, 0.2) is 12.2 Å². The maximum atomic E-state index is 13.2. The molecular weight excluding hydrogens is 336 g/mol. The second kappa shape index (κ2) is 6.65. The van der Waals surface area contributed by atoms with Gasteiger partial charge in [-0.2, -0.15) is 5.10 Å². The van der Waals surface area contributed by atoms with Crippen molar-refractivity contribution in [3.63, 3.8) is 0 Å². The van der Waals surface area contributed by atoms with Gasteiger partial charge in [-0.3, -0.25) is 0 Å². The second-order valence-corrected chi connectivity index (χ2v) is 9.35. The molecule has 0 aliphatic heterocycles. The van der Waals surface area contributed by atoms with Gasteiger partial charge in [-0.25, -0.2) is 4.79 Å². The number of ether oxygens (including phenoxy) is 1. The Labute approximate surface area is 161 Å². The zero-order chi connectivity index (χ0) is 18.4. The fourth-order valence-electron chi connectivity index (χ4n) is 6.43. The highest BCUT2D eigenvalue weighted by molar-refractivity contribution is 6.00. The van der Waals surface area contributed by atoms with Crippen LogP contribution < -0.4 is 4.68 Å². The highest BCUT2D eigenvalue weighted by Crippen LogP contribution is 2.57. The molecule has 1 heterocycles. The number of nitrogens with zero attached hydrogens (tertiary/aromatic N) is 1. The smallest absolute Gasteiger partial charge is 0.361 e. The molecule has 4 nitrogen and oxygen atoms in total. The molecule has 2 aromatic rings. The first-order chi connectivity index (χ1) is 13.2. The number of nitrogens with one attached hydrogen (secondary N) is 1. The van der Waals surface area contributed by atoms with Crippen LogP contribution in [0.2, 0.25) is 0 Å². The van der Waals surface area contributed by atoms with Crippen molar-refractivity contribution in [3.8, 4) is 0 Å². The average molecular weight is 368 g/mol. The highest BCUT2D eigenvalue weighted by Gasteiger charge is 2.53. The molecule has 1 aromatic heterocycles. The second-order valence-electron chi connectivity index (χ2n) is 9.35. The van der Waals surface area contributed by atoms with Gasteiger partial charge in [0.2, 0.25) is 5.52 Å². The van der Waals surface area contributed by atoms with Crippen LogP contribution in [0, 0.1) is 17.8 Å². The van der Waals surface area contributed by atoms with Crippen LogP contribution in [0.25, 0.3) is 10.9 Å². The molecule has 4 aliphatic carbocycles. The molecule has 0 amide bonds. The van der Waals surface area contributed by atoms with Crippen molar-refractivity contribution in [3.05, 3.63) is 30.0 Å². The Kier molecular flexibility index (Phi) is 4.25. The summed E-state index contributed by atoms with van der Waals surface area (Å²) in [7, 11) is 0. The standard InChI is InChI=1S/C23H30N2O2/c1-2-3-6-9-25-20-8-5-4-7-19(20)21(24-25)22(26)27-23-13-16-10-17(14-23)12-18(11-16)15-23/h4-5,7-8,16-18H,2-3,6,9-15H2,1H3/p+1. The Hall–Kier alpha value is -1.84. The molecule has 0 atom stereocenters. The number of aromatic nitrogens is 2. The lowest BCUT2D eigenvalue weighted by atomic mass is 9.54. The molecule has 144 valence electrons. The van der Waals surface area contributed by atoms with Crippen molar-refractivity contribution in [1.29, 1.82) is 0 Å².